The summed E-state index contributed by atoms with van der Waals surface area (Å²) in [6, 6.07) is 8.23. The van der Waals surface area contributed by atoms with Crippen LogP contribution in [0.25, 0.3) is 0 Å². The summed E-state index contributed by atoms with van der Waals surface area (Å²) in [4.78, 5) is 0. The lowest BCUT2D eigenvalue weighted by molar-refractivity contribution is 0.184. The Bertz CT molecular complexity index is 289. The first-order chi connectivity index (χ1) is 7.31. The predicted octanol–water partition coefficient (Wildman–Crippen LogP) is 2.53. The Labute approximate surface area is 91.4 Å². The molecule has 0 spiro atoms. The molecule has 0 fully saturated rings. The van der Waals surface area contributed by atoms with Gasteiger partial charge < -0.3 is 14.8 Å². The highest BCUT2D eigenvalue weighted by Crippen LogP contribution is 2.24. The van der Waals surface area contributed by atoms with Crippen molar-refractivity contribution in [2.24, 2.45) is 0 Å². The van der Waals surface area contributed by atoms with Crippen LogP contribution in [0.15, 0.2) is 24.3 Å². The topological polar surface area (TPSA) is 30.5 Å². The standard InChI is InChI=1S/C12H19NO2/c1-4-10(9-14-2)13-11-7-5-6-8-12(11)15-3/h5-8,10,13H,4,9H2,1-3H3. The zero-order chi connectivity index (χ0) is 11.1. The summed E-state index contributed by atoms with van der Waals surface area (Å²) in [6.07, 6.45) is 1.02. The van der Waals surface area contributed by atoms with Crippen LogP contribution in [-0.4, -0.2) is 26.9 Å². The number of nitrogens with one attached hydrogen (secondary N) is 1. The number of para-hydroxylation sites is 2. The van der Waals surface area contributed by atoms with Gasteiger partial charge in [0.05, 0.1) is 19.4 Å². The van der Waals surface area contributed by atoms with Crippen molar-refractivity contribution in [1.29, 1.82) is 0 Å². The molecule has 84 valence electrons. The fourth-order valence-corrected chi connectivity index (χ4v) is 1.45. The van der Waals surface area contributed by atoms with Crippen molar-refractivity contribution in [3.8, 4) is 5.75 Å². The molecule has 1 aromatic rings. The summed E-state index contributed by atoms with van der Waals surface area (Å²) in [5.74, 6) is 0.868. The van der Waals surface area contributed by atoms with Crippen LogP contribution in [0.1, 0.15) is 13.3 Å². The Kier molecular flexibility index (Phi) is 4.98. The van der Waals surface area contributed by atoms with Crippen molar-refractivity contribution in [2.45, 2.75) is 19.4 Å². The van der Waals surface area contributed by atoms with Gasteiger partial charge in [-0.05, 0) is 18.6 Å². The van der Waals surface area contributed by atoms with Gasteiger partial charge in [-0.1, -0.05) is 19.1 Å². The summed E-state index contributed by atoms with van der Waals surface area (Å²) in [5.41, 5.74) is 1.02. The molecule has 0 amide bonds. The van der Waals surface area contributed by atoms with E-state index in [9.17, 15) is 0 Å². The van der Waals surface area contributed by atoms with Gasteiger partial charge in [0, 0.05) is 13.2 Å². The second-order valence-corrected chi connectivity index (χ2v) is 3.41. The molecule has 0 aliphatic carbocycles. The molecule has 0 aliphatic heterocycles. The van der Waals surface area contributed by atoms with Gasteiger partial charge in [0.25, 0.3) is 0 Å². The summed E-state index contributed by atoms with van der Waals surface area (Å²) in [5, 5.41) is 3.40. The molecule has 1 rings (SSSR count). The monoisotopic (exact) mass is 209 g/mol. The molecule has 1 aromatic carbocycles. The van der Waals surface area contributed by atoms with E-state index in [0.717, 1.165) is 17.9 Å². The smallest absolute Gasteiger partial charge is 0.141 e. The molecule has 1 atom stereocenters. The first-order valence-corrected chi connectivity index (χ1v) is 5.20. The fourth-order valence-electron chi connectivity index (χ4n) is 1.45. The highest BCUT2D eigenvalue weighted by atomic mass is 16.5. The van der Waals surface area contributed by atoms with Crippen molar-refractivity contribution in [1.82, 2.24) is 0 Å². The van der Waals surface area contributed by atoms with E-state index in [4.69, 9.17) is 9.47 Å². The lowest BCUT2D eigenvalue weighted by Crippen LogP contribution is -2.24. The van der Waals surface area contributed by atoms with Crippen LogP contribution in [0, 0.1) is 0 Å². The molecule has 15 heavy (non-hydrogen) atoms. The minimum absolute atomic E-state index is 0.325. The average molecular weight is 209 g/mol. The predicted molar refractivity (Wildman–Crippen MR) is 62.6 cm³/mol. The first-order valence-electron chi connectivity index (χ1n) is 5.20. The summed E-state index contributed by atoms with van der Waals surface area (Å²) in [7, 11) is 3.39. The molecule has 0 aliphatic rings. The molecule has 0 radical (unpaired) electrons. The van der Waals surface area contributed by atoms with E-state index in [0.29, 0.717) is 12.6 Å². The van der Waals surface area contributed by atoms with Crippen LogP contribution in [-0.2, 0) is 4.74 Å². The van der Waals surface area contributed by atoms with E-state index in [1.165, 1.54) is 0 Å². The van der Waals surface area contributed by atoms with Gasteiger partial charge in [-0.25, -0.2) is 0 Å². The molecule has 0 aromatic heterocycles. The van der Waals surface area contributed by atoms with Gasteiger partial charge in [0.2, 0.25) is 0 Å². The Morgan fingerprint density at radius 2 is 2.00 bits per heavy atom. The van der Waals surface area contributed by atoms with Crippen LogP contribution in [0.4, 0.5) is 5.69 Å². The highest BCUT2D eigenvalue weighted by Gasteiger charge is 2.08. The van der Waals surface area contributed by atoms with Crippen LogP contribution in [0.3, 0.4) is 0 Å². The second kappa shape index (κ2) is 6.30. The zero-order valence-corrected chi connectivity index (χ0v) is 9.62. The normalized spacial score (nSPS) is 12.2. The molecule has 1 unspecified atom stereocenters. The molecule has 0 heterocycles. The van der Waals surface area contributed by atoms with E-state index < -0.39 is 0 Å². The summed E-state index contributed by atoms with van der Waals surface area (Å²) < 4.78 is 10.4. The van der Waals surface area contributed by atoms with E-state index in [-0.39, 0.29) is 0 Å². The summed E-state index contributed by atoms with van der Waals surface area (Å²) >= 11 is 0. The Hall–Kier alpha value is -1.22. The molecule has 0 saturated carbocycles. The first kappa shape index (κ1) is 11.9. The Balaban J connectivity index is 2.69. The van der Waals surface area contributed by atoms with Crippen molar-refractivity contribution < 1.29 is 9.47 Å². The van der Waals surface area contributed by atoms with E-state index >= 15 is 0 Å². The number of hydrogen-bond acceptors (Lipinski definition) is 3. The highest BCUT2D eigenvalue weighted by molar-refractivity contribution is 5.56. The SMILES string of the molecule is CCC(COC)Nc1ccccc1OC. The van der Waals surface area contributed by atoms with Crippen LogP contribution >= 0.6 is 0 Å². The van der Waals surface area contributed by atoms with Gasteiger partial charge in [0.1, 0.15) is 5.75 Å². The number of rotatable bonds is 6. The average Bonchev–Trinajstić information content (AvgIpc) is 2.29. The van der Waals surface area contributed by atoms with Crippen molar-refractivity contribution in [3.05, 3.63) is 24.3 Å². The van der Waals surface area contributed by atoms with Gasteiger partial charge >= 0.3 is 0 Å². The lowest BCUT2D eigenvalue weighted by atomic mass is 10.2. The minimum atomic E-state index is 0.325. The molecular weight excluding hydrogens is 190 g/mol. The molecule has 0 bridgehead atoms. The Morgan fingerprint density at radius 1 is 1.27 bits per heavy atom. The van der Waals surface area contributed by atoms with Crippen LogP contribution in [0.2, 0.25) is 0 Å². The maximum absolute atomic E-state index is 5.27. The van der Waals surface area contributed by atoms with E-state index in [1.54, 1.807) is 14.2 Å². The van der Waals surface area contributed by atoms with Gasteiger partial charge in [-0.15, -0.1) is 0 Å². The number of anilines is 1. The lowest BCUT2D eigenvalue weighted by Gasteiger charge is -2.18. The molecule has 3 nitrogen and oxygen atoms in total. The minimum Gasteiger partial charge on any atom is -0.495 e. The largest absolute Gasteiger partial charge is 0.495 e. The van der Waals surface area contributed by atoms with Crippen LogP contribution in [0.5, 0.6) is 5.75 Å². The third-order valence-corrected chi connectivity index (χ3v) is 2.33. The van der Waals surface area contributed by atoms with Gasteiger partial charge in [0.15, 0.2) is 0 Å². The van der Waals surface area contributed by atoms with Crippen LogP contribution < -0.4 is 10.1 Å². The third-order valence-electron chi connectivity index (χ3n) is 2.33. The van der Waals surface area contributed by atoms with Crippen molar-refractivity contribution in [3.63, 3.8) is 0 Å². The molecule has 3 heteroatoms. The molecule has 1 N–H and O–H groups in total. The summed E-state index contributed by atoms with van der Waals surface area (Å²) in [6.45, 7) is 2.83. The van der Waals surface area contributed by atoms with Gasteiger partial charge in [-0.3, -0.25) is 0 Å². The quantitative estimate of drug-likeness (QED) is 0.781. The maximum atomic E-state index is 5.27. The number of benzene rings is 1. The van der Waals surface area contributed by atoms with E-state index in [2.05, 4.69) is 12.2 Å². The third kappa shape index (κ3) is 3.44. The van der Waals surface area contributed by atoms with Gasteiger partial charge in [-0.2, -0.15) is 0 Å². The number of ether oxygens (including phenoxy) is 2. The maximum Gasteiger partial charge on any atom is 0.141 e. The van der Waals surface area contributed by atoms with Crippen molar-refractivity contribution >= 4 is 5.69 Å². The van der Waals surface area contributed by atoms with E-state index in [1.807, 2.05) is 24.3 Å². The Morgan fingerprint density at radius 3 is 2.60 bits per heavy atom. The second-order valence-electron chi connectivity index (χ2n) is 3.41. The molecular formula is C12H19NO2. The zero-order valence-electron chi connectivity index (χ0n) is 9.62. The molecule has 0 saturated heterocycles. The fraction of sp³-hybridized carbons (Fsp3) is 0.500. The number of hydrogen-bond donors (Lipinski definition) is 1. The number of methoxy groups -OCH3 is 2. The van der Waals surface area contributed by atoms with Crippen molar-refractivity contribution in [2.75, 3.05) is 26.1 Å².